The Morgan fingerprint density at radius 3 is 2.11 bits per heavy atom. The van der Waals surface area contributed by atoms with Gasteiger partial charge in [0.15, 0.2) is 0 Å². The summed E-state index contributed by atoms with van der Waals surface area (Å²) in [7, 11) is 0. The van der Waals surface area contributed by atoms with Gasteiger partial charge in [-0.25, -0.2) is 9.97 Å². The lowest BCUT2D eigenvalue weighted by Crippen LogP contribution is -2.32. The summed E-state index contributed by atoms with van der Waals surface area (Å²) in [6.45, 7) is 9.55. The lowest BCUT2D eigenvalue weighted by molar-refractivity contribution is -0.383. The van der Waals surface area contributed by atoms with Crippen molar-refractivity contribution in [3.05, 3.63) is 44.7 Å². The van der Waals surface area contributed by atoms with Crippen molar-refractivity contribution in [2.24, 2.45) is 11.8 Å². The minimum absolute atomic E-state index is 0.0980. The molecule has 0 radical (unpaired) electrons. The zero-order valence-electron chi connectivity index (χ0n) is 15.7. The molecule has 0 aliphatic rings. The molecular formula is C18H23Cl2N5O2. The quantitative estimate of drug-likeness (QED) is 0.452. The summed E-state index contributed by atoms with van der Waals surface area (Å²) >= 11 is 12.0. The summed E-state index contributed by atoms with van der Waals surface area (Å²) in [5.41, 5.74) is 0.342. The van der Waals surface area contributed by atoms with Crippen molar-refractivity contribution < 1.29 is 4.92 Å². The normalized spacial score (nSPS) is 11.1. The van der Waals surface area contributed by atoms with Crippen LogP contribution < -0.4 is 10.2 Å². The van der Waals surface area contributed by atoms with Gasteiger partial charge in [0.25, 0.3) is 0 Å². The number of hydrogen-bond donors (Lipinski definition) is 1. The van der Waals surface area contributed by atoms with E-state index in [1.54, 1.807) is 18.2 Å². The number of nitrogens with one attached hydrogen (secondary N) is 1. The molecule has 0 aliphatic heterocycles. The van der Waals surface area contributed by atoms with Crippen LogP contribution in [0.2, 0.25) is 10.0 Å². The number of halogens is 2. The Bertz CT molecular complexity index is 784. The Hall–Kier alpha value is -2.12. The predicted octanol–water partition coefficient (Wildman–Crippen LogP) is 5.55. The Kier molecular flexibility index (Phi) is 7.21. The third-order valence-electron chi connectivity index (χ3n) is 3.58. The topological polar surface area (TPSA) is 84.2 Å². The molecule has 146 valence electrons. The third-order valence-corrected chi connectivity index (χ3v) is 4.02. The molecule has 27 heavy (non-hydrogen) atoms. The van der Waals surface area contributed by atoms with Crippen molar-refractivity contribution in [3.8, 4) is 0 Å². The van der Waals surface area contributed by atoms with Crippen LogP contribution in [0.5, 0.6) is 0 Å². The van der Waals surface area contributed by atoms with Crippen LogP contribution in [0, 0.1) is 22.0 Å². The van der Waals surface area contributed by atoms with Gasteiger partial charge in [0.2, 0.25) is 11.6 Å². The van der Waals surface area contributed by atoms with Gasteiger partial charge in [-0.15, -0.1) is 0 Å². The highest BCUT2D eigenvalue weighted by Gasteiger charge is 2.28. The first kappa shape index (κ1) is 21.2. The van der Waals surface area contributed by atoms with Gasteiger partial charge in [-0.3, -0.25) is 10.1 Å². The third kappa shape index (κ3) is 5.94. The van der Waals surface area contributed by atoms with Crippen LogP contribution in [-0.2, 0) is 0 Å². The summed E-state index contributed by atoms with van der Waals surface area (Å²) in [4.78, 5) is 21.6. The highest BCUT2D eigenvalue weighted by atomic mass is 35.5. The molecule has 0 aliphatic carbocycles. The smallest absolute Gasteiger partial charge is 0.350 e. The van der Waals surface area contributed by atoms with Crippen LogP contribution in [0.25, 0.3) is 0 Å². The van der Waals surface area contributed by atoms with Crippen LogP contribution >= 0.6 is 23.2 Å². The van der Waals surface area contributed by atoms with Crippen molar-refractivity contribution >= 4 is 46.2 Å². The zero-order valence-corrected chi connectivity index (χ0v) is 17.3. The fraction of sp³-hybridized carbons (Fsp3) is 0.444. The minimum atomic E-state index is -0.461. The van der Waals surface area contributed by atoms with E-state index >= 15 is 0 Å². The molecular weight excluding hydrogens is 389 g/mol. The molecule has 0 fully saturated rings. The van der Waals surface area contributed by atoms with Crippen molar-refractivity contribution in [1.82, 2.24) is 9.97 Å². The number of nitrogens with zero attached hydrogens (tertiary/aromatic N) is 4. The molecule has 1 N–H and O–H groups in total. The van der Waals surface area contributed by atoms with Crippen molar-refractivity contribution in [2.75, 3.05) is 23.3 Å². The molecule has 0 unspecified atom stereocenters. The molecule has 0 amide bonds. The summed E-state index contributed by atoms with van der Waals surface area (Å²) in [6, 6.07) is 4.83. The first-order valence-electron chi connectivity index (χ1n) is 8.64. The largest absolute Gasteiger partial charge is 0.353 e. The van der Waals surface area contributed by atoms with Crippen molar-refractivity contribution in [1.29, 1.82) is 0 Å². The molecule has 9 heteroatoms. The monoisotopic (exact) mass is 411 g/mol. The number of aromatic nitrogens is 2. The van der Waals surface area contributed by atoms with E-state index in [0.29, 0.717) is 46.5 Å². The second kappa shape index (κ2) is 9.19. The molecule has 2 aromatic rings. The highest BCUT2D eigenvalue weighted by molar-refractivity contribution is 6.35. The predicted molar refractivity (Wildman–Crippen MR) is 110 cm³/mol. The number of hydrogen-bond acceptors (Lipinski definition) is 6. The van der Waals surface area contributed by atoms with Gasteiger partial charge in [-0.2, -0.15) is 0 Å². The van der Waals surface area contributed by atoms with E-state index in [4.69, 9.17) is 23.2 Å². The minimum Gasteiger partial charge on any atom is -0.350 e. The van der Waals surface area contributed by atoms with E-state index in [1.165, 1.54) is 6.33 Å². The lowest BCUT2D eigenvalue weighted by Gasteiger charge is -2.27. The van der Waals surface area contributed by atoms with Gasteiger partial charge in [0, 0.05) is 28.8 Å². The summed E-state index contributed by atoms with van der Waals surface area (Å²) in [5.74, 6) is 1.04. The number of nitro groups is 1. The van der Waals surface area contributed by atoms with Gasteiger partial charge in [0.05, 0.1) is 4.92 Å². The fourth-order valence-corrected chi connectivity index (χ4v) is 3.28. The summed E-state index contributed by atoms with van der Waals surface area (Å²) in [5, 5.41) is 15.6. The van der Waals surface area contributed by atoms with Gasteiger partial charge in [-0.1, -0.05) is 50.9 Å². The Morgan fingerprint density at radius 1 is 1.07 bits per heavy atom. The molecule has 1 heterocycles. The van der Waals surface area contributed by atoms with E-state index in [0.717, 1.165) is 0 Å². The maximum Gasteiger partial charge on any atom is 0.353 e. The van der Waals surface area contributed by atoms with Gasteiger partial charge >= 0.3 is 5.69 Å². The molecule has 0 atom stereocenters. The SMILES string of the molecule is CC(C)CN(CC(C)C)c1ncnc(Nc2cc(Cl)cc(Cl)c2)c1[N+](=O)[O-]. The van der Waals surface area contributed by atoms with Crippen LogP contribution in [0.1, 0.15) is 27.7 Å². The first-order chi connectivity index (χ1) is 12.7. The molecule has 0 saturated heterocycles. The molecule has 0 saturated carbocycles. The Balaban J connectivity index is 2.50. The second-order valence-electron chi connectivity index (χ2n) is 7.13. The molecule has 1 aromatic heterocycles. The van der Waals surface area contributed by atoms with E-state index in [-0.39, 0.29) is 11.5 Å². The molecule has 0 spiro atoms. The summed E-state index contributed by atoms with van der Waals surface area (Å²) < 4.78 is 0. The van der Waals surface area contributed by atoms with Crippen LogP contribution in [-0.4, -0.2) is 28.0 Å². The van der Waals surface area contributed by atoms with E-state index < -0.39 is 4.92 Å². The van der Waals surface area contributed by atoms with E-state index in [9.17, 15) is 10.1 Å². The van der Waals surface area contributed by atoms with Crippen molar-refractivity contribution in [3.63, 3.8) is 0 Å². The molecule has 0 bridgehead atoms. The molecule has 1 aromatic carbocycles. The molecule has 2 rings (SSSR count). The van der Waals surface area contributed by atoms with Crippen LogP contribution in [0.4, 0.5) is 23.0 Å². The van der Waals surface area contributed by atoms with Crippen LogP contribution in [0.3, 0.4) is 0 Å². The Morgan fingerprint density at radius 2 is 1.63 bits per heavy atom. The molecule has 7 nitrogen and oxygen atoms in total. The Labute approximate surface area is 168 Å². The number of rotatable bonds is 8. The van der Waals surface area contributed by atoms with Crippen molar-refractivity contribution in [2.45, 2.75) is 27.7 Å². The average Bonchev–Trinajstić information content (AvgIpc) is 2.51. The van der Waals surface area contributed by atoms with Gasteiger partial charge in [-0.05, 0) is 30.0 Å². The maximum absolute atomic E-state index is 11.8. The van der Waals surface area contributed by atoms with Gasteiger partial charge in [0.1, 0.15) is 6.33 Å². The highest BCUT2D eigenvalue weighted by Crippen LogP contribution is 2.35. The zero-order chi connectivity index (χ0) is 20.1. The fourth-order valence-electron chi connectivity index (χ4n) is 2.75. The van der Waals surface area contributed by atoms with Crippen LogP contribution in [0.15, 0.2) is 24.5 Å². The first-order valence-corrected chi connectivity index (χ1v) is 9.40. The second-order valence-corrected chi connectivity index (χ2v) is 8.00. The van der Waals surface area contributed by atoms with Gasteiger partial charge < -0.3 is 10.2 Å². The maximum atomic E-state index is 11.8. The van der Waals surface area contributed by atoms with E-state index in [1.807, 2.05) is 4.90 Å². The number of anilines is 3. The number of benzene rings is 1. The standard InChI is InChI=1S/C18H23Cl2N5O2/c1-11(2)8-24(9-12(3)4)18-16(25(26)27)17(21-10-22-18)23-15-6-13(19)5-14(20)7-15/h5-7,10-12H,8-9H2,1-4H3,(H,21,22,23). The average molecular weight is 412 g/mol. The van der Waals surface area contributed by atoms with E-state index in [2.05, 4.69) is 43.0 Å². The lowest BCUT2D eigenvalue weighted by atomic mass is 10.1. The summed E-state index contributed by atoms with van der Waals surface area (Å²) in [6.07, 6.45) is 1.32.